The van der Waals surface area contributed by atoms with Gasteiger partial charge < -0.3 is 10.6 Å². The average Bonchev–Trinajstić information content (AvgIpc) is 2.40. The molecule has 2 atom stereocenters. The molecule has 1 aromatic carbocycles. The van der Waals surface area contributed by atoms with Crippen LogP contribution in [-0.4, -0.2) is 24.3 Å². The third-order valence-corrected chi connectivity index (χ3v) is 3.90. The lowest BCUT2D eigenvalue weighted by Gasteiger charge is -2.30. The molecule has 0 aliphatic carbocycles. The molecule has 2 rings (SSSR count). The molecule has 3 nitrogen and oxygen atoms in total. The Bertz CT molecular complexity index is 608. The molecule has 1 aliphatic rings. The molecule has 2 N–H and O–H groups in total. The summed E-state index contributed by atoms with van der Waals surface area (Å²) >= 11 is 0. The van der Waals surface area contributed by atoms with Crippen LogP contribution in [0.5, 0.6) is 0 Å². The van der Waals surface area contributed by atoms with Crippen LogP contribution in [0.1, 0.15) is 28.7 Å². The van der Waals surface area contributed by atoms with Crippen molar-refractivity contribution in [3.05, 3.63) is 40.5 Å². The first-order valence-corrected chi connectivity index (χ1v) is 7.06. The van der Waals surface area contributed by atoms with Crippen LogP contribution in [0.25, 0.3) is 6.08 Å². The lowest BCUT2D eigenvalue weighted by atomic mass is 9.98. The van der Waals surface area contributed by atoms with Gasteiger partial charge in [-0.25, -0.2) is 4.79 Å². The van der Waals surface area contributed by atoms with E-state index in [0.717, 1.165) is 16.7 Å². The second kappa shape index (κ2) is 6.02. The molecule has 1 fully saturated rings. The van der Waals surface area contributed by atoms with Crippen molar-refractivity contribution >= 4 is 12.1 Å². The summed E-state index contributed by atoms with van der Waals surface area (Å²) < 4.78 is 38.2. The smallest absolute Gasteiger partial charge is 0.332 e. The molecule has 1 saturated heterocycles. The summed E-state index contributed by atoms with van der Waals surface area (Å²) in [6.07, 6.45) is -1.25. The van der Waals surface area contributed by atoms with E-state index in [0.29, 0.717) is 0 Å². The van der Waals surface area contributed by atoms with Gasteiger partial charge in [-0.05, 0) is 43.0 Å². The minimum Gasteiger partial charge on any atom is -0.332 e. The summed E-state index contributed by atoms with van der Waals surface area (Å²) in [4.78, 5) is 11.4. The molecule has 1 aromatic rings. The third kappa shape index (κ3) is 3.81. The lowest BCUT2D eigenvalue weighted by molar-refractivity contribution is -0.157. The molecule has 0 saturated carbocycles. The van der Waals surface area contributed by atoms with Gasteiger partial charge in [0, 0.05) is 6.42 Å². The first kappa shape index (κ1) is 16.4. The van der Waals surface area contributed by atoms with Gasteiger partial charge in [-0.15, -0.1) is 0 Å². The van der Waals surface area contributed by atoms with Gasteiger partial charge in [-0.3, -0.25) is 0 Å². The highest BCUT2D eigenvalue weighted by atomic mass is 19.4. The fraction of sp³-hybridized carbons (Fsp3) is 0.438. The molecule has 22 heavy (non-hydrogen) atoms. The van der Waals surface area contributed by atoms with Crippen LogP contribution in [0.3, 0.4) is 0 Å². The van der Waals surface area contributed by atoms with Crippen LogP contribution < -0.4 is 10.6 Å². The van der Waals surface area contributed by atoms with E-state index in [1.54, 1.807) is 12.2 Å². The second-order valence-corrected chi connectivity index (χ2v) is 5.71. The van der Waals surface area contributed by atoms with E-state index in [-0.39, 0.29) is 6.42 Å². The number of halogens is 3. The largest absolute Gasteiger partial charge is 0.408 e. The third-order valence-electron chi connectivity index (χ3n) is 3.90. The highest BCUT2D eigenvalue weighted by Crippen LogP contribution is 2.26. The standard InChI is InChI=1S/C16H19F3N2O/c1-9-6-11(3)12(7-10(9)2)4-5-13-8-14(16(17,18)19)21-15(22)20-13/h4-7,13-14H,8H2,1-3H3,(H2,20,21,22)/b5-4+. The Morgan fingerprint density at radius 2 is 1.73 bits per heavy atom. The number of hydrogen-bond acceptors (Lipinski definition) is 1. The fourth-order valence-corrected chi connectivity index (χ4v) is 2.46. The predicted molar refractivity (Wildman–Crippen MR) is 79.6 cm³/mol. The van der Waals surface area contributed by atoms with Crippen LogP contribution in [-0.2, 0) is 0 Å². The first-order valence-electron chi connectivity index (χ1n) is 7.06. The quantitative estimate of drug-likeness (QED) is 0.860. The minimum atomic E-state index is -4.43. The van der Waals surface area contributed by atoms with Gasteiger partial charge in [0.1, 0.15) is 6.04 Å². The number of carbonyl (C=O) groups excluding carboxylic acids is 1. The highest BCUT2D eigenvalue weighted by Gasteiger charge is 2.44. The van der Waals surface area contributed by atoms with E-state index in [2.05, 4.69) is 5.32 Å². The highest BCUT2D eigenvalue weighted by molar-refractivity contribution is 5.76. The molecule has 2 unspecified atom stereocenters. The van der Waals surface area contributed by atoms with Crippen LogP contribution in [0.4, 0.5) is 18.0 Å². The van der Waals surface area contributed by atoms with Crippen molar-refractivity contribution < 1.29 is 18.0 Å². The van der Waals surface area contributed by atoms with Crippen LogP contribution in [0, 0.1) is 20.8 Å². The Morgan fingerprint density at radius 1 is 1.09 bits per heavy atom. The molecule has 2 amide bonds. The number of aryl methyl sites for hydroxylation is 3. The summed E-state index contributed by atoms with van der Waals surface area (Å²) in [5, 5.41) is 4.40. The van der Waals surface area contributed by atoms with E-state index >= 15 is 0 Å². The average molecular weight is 312 g/mol. The van der Waals surface area contributed by atoms with Crippen LogP contribution in [0.15, 0.2) is 18.2 Å². The number of hydrogen-bond donors (Lipinski definition) is 2. The van der Waals surface area contributed by atoms with E-state index in [9.17, 15) is 18.0 Å². The van der Waals surface area contributed by atoms with Crippen molar-refractivity contribution in [3.63, 3.8) is 0 Å². The molecule has 1 heterocycles. The molecule has 6 heteroatoms. The summed E-state index contributed by atoms with van der Waals surface area (Å²) in [7, 11) is 0. The molecule has 1 aliphatic heterocycles. The molecule has 120 valence electrons. The normalized spacial score (nSPS) is 22.5. The molecule has 0 radical (unpaired) electrons. The second-order valence-electron chi connectivity index (χ2n) is 5.71. The maximum atomic E-state index is 12.7. The summed E-state index contributed by atoms with van der Waals surface area (Å²) in [5.41, 5.74) is 4.28. The molecular weight excluding hydrogens is 293 g/mol. The van der Waals surface area contributed by atoms with Crippen molar-refractivity contribution in [2.45, 2.75) is 45.5 Å². The van der Waals surface area contributed by atoms with Crippen LogP contribution in [0.2, 0.25) is 0 Å². The SMILES string of the molecule is Cc1cc(C)c(/C=C/C2CC(C(F)(F)F)NC(=O)N2)cc1C. The molecule has 0 spiro atoms. The molecule has 0 bridgehead atoms. The Morgan fingerprint density at radius 3 is 2.36 bits per heavy atom. The lowest BCUT2D eigenvalue weighted by Crippen LogP contribution is -2.58. The topological polar surface area (TPSA) is 41.1 Å². The van der Waals surface area contributed by atoms with Gasteiger partial charge >= 0.3 is 12.2 Å². The molecular formula is C16H19F3N2O. The van der Waals surface area contributed by atoms with Gasteiger partial charge in [0.05, 0.1) is 6.04 Å². The maximum Gasteiger partial charge on any atom is 0.408 e. The Balaban J connectivity index is 2.16. The molecule has 0 aromatic heterocycles. The van der Waals surface area contributed by atoms with E-state index in [4.69, 9.17) is 0 Å². The summed E-state index contributed by atoms with van der Waals surface area (Å²) in [6, 6.07) is 0.790. The van der Waals surface area contributed by atoms with E-state index < -0.39 is 24.3 Å². The number of nitrogens with one attached hydrogen (secondary N) is 2. The number of benzene rings is 1. The van der Waals surface area contributed by atoms with Gasteiger partial charge in [0.25, 0.3) is 0 Å². The van der Waals surface area contributed by atoms with Gasteiger partial charge in [0.15, 0.2) is 0 Å². The number of alkyl halides is 3. The fourth-order valence-electron chi connectivity index (χ4n) is 2.46. The van der Waals surface area contributed by atoms with Gasteiger partial charge in [0.2, 0.25) is 0 Å². The van der Waals surface area contributed by atoms with Crippen molar-refractivity contribution in [2.75, 3.05) is 0 Å². The van der Waals surface area contributed by atoms with Gasteiger partial charge in [-0.1, -0.05) is 24.3 Å². The predicted octanol–water partition coefficient (Wildman–Crippen LogP) is 3.63. The Kier molecular flexibility index (Phi) is 4.49. The summed E-state index contributed by atoms with van der Waals surface area (Å²) in [5.74, 6) is 0. The van der Waals surface area contributed by atoms with Crippen molar-refractivity contribution in [3.8, 4) is 0 Å². The monoisotopic (exact) mass is 312 g/mol. The van der Waals surface area contributed by atoms with Crippen molar-refractivity contribution in [1.82, 2.24) is 10.6 Å². The zero-order valence-corrected chi connectivity index (χ0v) is 12.7. The van der Waals surface area contributed by atoms with Crippen molar-refractivity contribution in [2.24, 2.45) is 0 Å². The zero-order valence-electron chi connectivity index (χ0n) is 12.7. The number of carbonyl (C=O) groups is 1. The zero-order chi connectivity index (χ0) is 16.5. The number of rotatable bonds is 2. The van der Waals surface area contributed by atoms with Crippen molar-refractivity contribution in [1.29, 1.82) is 0 Å². The minimum absolute atomic E-state index is 0.213. The van der Waals surface area contributed by atoms with E-state index in [1.165, 1.54) is 5.56 Å². The number of urea groups is 1. The van der Waals surface area contributed by atoms with Crippen LogP contribution >= 0.6 is 0 Å². The Labute approximate surface area is 127 Å². The summed E-state index contributed by atoms with van der Waals surface area (Å²) in [6.45, 7) is 5.94. The first-order chi connectivity index (χ1) is 10.2. The van der Waals surface area contributed by atoms with Gasteiger partial charge in [-0.2, -0.15) is 13.2 Å². The maximum absolute atomic E-state index is 12.7. The Hall–Kier alpha value is -1.98. The van der Waals surface area contributed by atoms with E-state index in [1.807, 2.05) is 38.2 Å². The number of amides is 2.